The van der Waals surface area contributed by atoms with Crippen molar-refractivity contribution in [2.45, 2.75) is 32.1 Å². The van der Waals surface area contributed by atoms with Crippen LogP contribution in [0.5, 0.6) is 0 Å². The fourth-order valence-electron chi connectivity index (χ4n) is 2.86. The highest BCUT2D eigenvalue weighted by Gasteiger charge is 2.15. The van der Waals surface area contributed by atoms with Crippen LogP contribution in [0.25, 0.3) is 16.6 Å². The van der Waals surface area contributed by atoms with Crippen LogP contribution in [-0.4, -0.2) is 16.1 Å². The lowest BCUT2D eigenvalue weighted by Crippen LogP contribution is -2.25. The largest absolute Gasteiger partial charge is 0.330 e. The summed E-state index contributed by atoms with van der Waals surface area (Å²) in [6.07, 6.45) is 10.6. The van der Waals surface area contributed by atoms with E-state index in [0.717, 1.165) is 43.6 Å². The number of hydrogen-bond acceptors (Lipinski definition) is 3. The summed E-state index contributed by atoms with van der Waals surface area (Å²) >= 11 is 6.25. The lowest BCUT2D eigenvalue weighted by atomic mass is 10.1. The predicted molar refractivity (Wildman–Crippen MR) is 95.7 cm³/mol. The SMILES string of the molecule is NCCCCc1nc2cccc(Cl)c2c(=O)n1C1=CCCC=C1. The van der Waals surface area contributed by atoms with Gasteiger partial charge in [0.15, 0.2) is 0 Å². The van der Waals surface area contributed by atoms with E-state index in [9.17, 15) is 4.79 Å². The van der Waals surface area contributed by atoms with Gasteiger partial charge in [-0.2, -0.15) is 0 Å². The minimum Gasteiger partial charge on any atom is -0.330 e. The topological polar surface area (TPSA) is 60.9 Å². The number of halogens is 1. The summed E-state index contributed by atoms with van der Waals surface area (Å²) in [5.74, 6) is 0.774. The van der Waals surface area contributed by atoms with Crippen LogP contribution in [0.3, 0.4) is 0 Å². The molecule has 0 atom stereocenters. The van der Waals surface area contributed by atoms with Gasteiger partial charge in [-0.15, -0.1) is 0 Å². The van der Waals surface area contributed by atoms with Gasteiger partial charge in [-0.25, -0.2) is 4.98 Å². The molecule has 0 bridgehead atoms. The third-order valence-corrected chi connectivity index (χ3v) is 4.32. The van der Waals surface area contributed by atoms with Crippen molar-refractivity contribution in [2.75, 3.05) is 6.54 Å². The molecule has 1 aliphatic rings. The van der Waals surface area contributed by atoms with Crippen LogP contribution >= 0.6 is 11.6 Å². The Bertz CT molecular complexity index is 836. The maximum absolute atomic E-state index is 13.0. The number of fused-ring (bicyclic) bond motifs is 1. The van der Waals surface area contributed by atoms with Crippen molar-refractivity contribution in [3.05, 3.63) is 57.6 Å². The van der Waals surface area contributed by atoms with Crippen LogP contribution in [0.15, 0.2) is 41.2 Å². The standard InChI is InChI=1S/C18H20ClN3O/c19-14-9-6-10-15-17(14)18(23)22(13-7-2-1-3-8-13)16(21-15)11-4-5-12-20/h2,6-10H,1,3-5,11-12,20H2. The summed E-state index contributed by atoms with van der Waals surface area (Å²) < 4.78 is 1.71. The second kappa shape index (κ2) is 7.11. The molecule has 2 N–H and O–H groups in total. The zero-order chi connectivity index (χ0) is 16.2. The van der Waals surface area contributed by atoms with E-state index < -0.39 is 0 Å². The molecule has 120 valence electrons. The summed E-state index contributed by atoms with van der Waals surface area (Å²) in [6.45, 7) is 0.645. The van der Waals surface area contributed by atoms with E-state index in [-0.39, 0.29) is 5.56 Å². The van der Waals surface area contributed by atoms with Gasteiger partial charge in [-0.1, -0.05) is 29.8 Å². The van der Waals surface area contributed by atoms with E-state index in [2.05, 4.69) is 12.2 Å². The average molecular weight is 330 g/mol. The number of rotatable bonds is 5. The number of hydrogen-bond donors (Lipinski definition) is 1. The van der Waals surface area contributed by atoms with Crippen LogP contribution < -0.4 is 11.3 Å². The molecular weight excluding hydrogens is 310 g/mol. The third-order valence-electron chi connectivity index (χ3n) is 4.00. The smallest absolute Gasteiger partial charge is 0.267 e. The summed E-state index contributed by atoms with van der Waals surface area (Å²) in [5, 5.41) is 0.930. The Hall–Kier alpha value is -1.91. The molecule has 1 aliphatic carbocycles. The van der Waals surface area contributed by atoms with E-state index in [4.69, 9.17) is 22.3 Å². The molecule has 0 fully saturated rings. The maximum atomic E-state index is 13.0. The van der Waals surface area contributed by atoms with Crippen LogP contribution in [-0.2, 0) is 6.42 Å². The first-order valence-corrected chi connectivity index (χ1v) is 8.37. The first-order valence-electron chi connectivity index (χ1n) is 7.99. The van der Waals surface area contributed by atoms with Gasteiger partial charge in [0.1, 0.15) is 5.82 Å². The Morgan fingerprint density at radius 2 is 2.13 bits per heavy atom. The number of benzene rings is 1. The molecule has 5 heteroatoms. The van der Waals surface area contributed by atoms with Crippen molar-refractivity contribution in [3.63, 3.8) is 0 Å². The Labute approximate surface area is 140 Å². The summed E-state index contributed by atoms with van der Waals surface area (Å²) in [5.41, 5.74) is 7.03. The predicted octanol–water partition coefficient (Wildman–Crippen LogP) is 3.52. The van der Waals surface area contributed by atoms with Gasteiger partial charge in [0.25, 0.3) is 5.56 Å². The summed E-state index contributed by atoms with van der Waals surface area (Å²) in [7, 11) is 0. The lowest BCUT2D eigenvalue weighted by molar-refractivity contribution is 0.697. The molecule has 2 aromatic rings. The molecule has 1 aromatic heterocycles. The van der Waals surface area contributed by atoms with Crippen molar-refractivity contribution < 1.29 is 0 Å². The monoisotopic (exact) mass is 329 g/mol. The molecule has 4 nitrogen and oxygen atoms in total. The number of unbranched alkanes of at least 4 members (excludes halogenated alkanes) is 1. The van der Waals surface area contributed by atoms with Crippen molar-refractivity contribution in [2.24, 2.45) is 5.73 Å². The number of aromatic nitrogens is 2. The highest BCUT2D eigenvalue weighted by molar-refractivity contribution is 6.35. The van der Waals surface area contributed by atoms with Crippen molar-refractivity contribution >= 4 is 28.2 Å². The van der Waals surface area contributed by atoms with E-state index in [1.165, 1.54) is 0 Å². The van der Waals surface area contributed by atoms with Crippen molar-refractivity contribution in [1.29, 1.82) is 0 Å². The van der Waals surface area contributed by atoms with Gasteiger partial charge in [0.05, 0.1) is 15.9 Å². The van der Waals surface area contributed by atoms with E-state index in [0.29, 0.717) is 22.5 Å². The Morgan fingerprint density at radius 1 is 1.26 bits per heavy atom. The second-order valence-corrected chi connectivity index (χ2v) is 6.06. The first kappa shape index (κ1) is 16.0. The Balaban J connectivity index is 2.20. The van der Waals surface area contributed by atoms with E-state index >= 15 is 0 Å². The van der Waals surface area contributed by atoms with Gasteiger partial charge in [0.2, 0.25) is 0 Å². The molecule has 0 saturated carbocycles. The average Bonchev–Trinajstić information content (AvgIpc) is 2.56. The second-order valence-electron chi connectivity index (χ2n) is 5.66. The van der Waals surface area contributed by atoms with Gasteiger partial charge in [-0.05, 0) is 50.4 Å². The molecule has 0 amide bonds. The molecule has 1 aromatic carbocycles. The highest BCUT2D eigenvalue weighted by Crippen LogP contribution is 2.22. The van der Waals surface area contributed by atoms with E-state index in [1.807, 2.05) is 18.2 Å². The zero-order valence-corrected chi connectivity index (χ0v) is 13.7. The van der Waals surface area contributed by atoms with Crippen molar-refractivity contribution in [1.82, 2.24) is 9.55 Å². The third kappa shape index (κ3) is 3.23. The van der Waals surface area contributed by atoms with Gasteiger partial charge < -0.3 is 5.73 Å². The van der Waals surface area contributed by atoms with E-state index in [1.54, 1.807) is 10.6 Å². The maximum Gasteiger partial charge on any atom is 0.267 e. The number of nitrogens with two attached hydrogens (primary N) is 1. The molecule has 0 unspecified atom stereocenters. The van der Waals surface area contributed by atoms with Crippen LogP contribution in [0.4, 0.5) is 0 Å². The number of nitrogens with zero attached hydrogens (tertiary/aromatic N) is 2. The number of aryl methyl sites for hydroxylation is 1. The molecule has 0 spiro atoms. The van der Waals surface area contributed by atoms with Crippen LogP contribution in [0.2, 0.25) is 5.02 Å². The molecule has 0 saturated heterocycles. The fraction of sp³-hybridized carbons (Fsp3) is 0.333. The molecule has 1 heterocycles. The minimum atomic E-state index is -0.0962. The Kier molecular flexibility index (Phi) is 4.94. The van der Waals surface area contributed by atoms with Crippen LogP contribution in [0, 0.1) is 0 Å². The van der Waals surface area contributed by atoms with Gasteiger partial charge in [-0.3, -0.25) is 9.36 Å². The molecule has 23 heavy (non-hydrogen) atoms. The normalized spacial score (nSPS) is 14.3. The minimum absolute atomic E-state index is 0.0962. The van der Waals surface area contributed by atoms with Gasteiger partial charge >= 0.3 is 0 Å². The quantitative estimate of drug-likeness (QED) is 0.854. The van der Waals surface area contributed by atoms with Crippen LogP contribution in [0.1, 0.15) is 31.5 Å². The molecule has 0 radical (unpaired) electrons. The summed E-state index contributed by atoms with van der Waals surface area (Å²) in [6, 6.07) is 5.39. The first-order chi connectivity index (χ1) is 11.2. The molecular formula is C18H20ClN3O. The lowest BCUT2D eigenvalue weighted by Gasteiger charge is -2.16. The Morgan fingerprint density at radius 3 is 2.87 bits per heavy atom. The summed E-state index contributed by atoms with van der Waals surface area (Å²) in [4.78, 5) is 17.7. The molecule has 3 rings (SSSR count). The highest BCUT2D eigenvalue weighted by atomic mass is 35.5. The van der Waals surface area contributed by atoms with Crippen molar-refractivity contribution in [3.8, 4) is 0 Å². The number of allylic oxidation sites excluding steroid dienone is 4. The molecule has 0 aliphatic heterocycles. The van der Waals surface area contributed by atoms with Gasteiger partial charge in [0, 0.05) is 12.1 Å². The zero-order valence-electron chi connectivity index (χ0n) is 13.0. The fourth-order valence-corrected chi connectivity index (χ4v) is 3.11.